The number of amidine groups is 1. The second kappa shape index (κ2) is 6.24. The molecule has 126 valence electrons. The number of halogens is 1. The van der Waals surface area contributed by atoms with Crippen LogP contribution in [-0.2, 0) is 0 Å². The van der Waals surface area contributed by atoms with Gasteiger partial charge >= 0.3 is 0 Å². The molecule has 6 heteroatoms. The maximum Gasteiger partial charge on any atom is 0.159 e. The van der Waals surface area contributed by atoms with E-state index in [4.69, 9.17) is 0 Å². The first-order chi connectivity index (χ1) is 11.6. The van der Waals surface area contributed by atoms with Gasteiger partial charge in [0.2, 0.25) is 0 Å². The molecule has 0 radical (unpaired) electrons. The van der Waals surface area contributed by atoms with E-state index in [9.17, 15) is 4.39 Å². The smallest absolute Gasteiger partial charge is 0.159 e. The molecule has 0 saturated carbocycles. The molecule has 4 rings (SSSR count). The molecule has 3 heterocycles. The number of pyridine rings is 1. The van der Waals surface area contributed by atoms with Crippen LogP contribution in [0.1, 0.15) is 12.6 Å². The Balaban J connectivity index is 1.58. The molecule has 0 aliphatic carbocycles. The van der Waals surface area contributed by atoms with Crippen LogP contribution >= 0.6 is 11.8 Å². The van der Waals surface area contributed by atoms with Crippen LogP contribution in [0.15, 0.2) is 29.3 Å². The molecule has 4 nitrogen and oxygen atoms in total. The molecule has 2 aliphatic heterocycles. The van der Waals surface area contributed by atoms with Crippen LogP contribution < -0.4 is 4.90 Å². The van der Waals surface area contributed by atoms with Crippen molar-refractivity contribution >= 4 is 33.5 Å². The first kappa shape index (κ1) is 15.7. The van der Waals surface area contributed by atoms with Crippen molar-refractivity contribution < 1.29 is 4.39 Å². The summed E-state index contributed by atoms with van der Waals surface area (Å²) < 4.78 is 14.1. The van der Waals surface area contributed by atoms with E-state index in [0.717, 1.165) is 49.5 Å². The van der Waals surface area contributed by atoms with Gasteiger partial charge < -0.3 is 9.80 Å². The van der Waals surface area contributed by atoms with Crippen LogP contribution in [0, 0.1) is 12.7 Å². The van der Waals surface area contributed by atoms with Crippen LogP contribution in [0.5, 0.6) is 0 Å². The van der Waals surface area contributed by atoms with Gasteiger partial charge in [-0.05, 0) is 19.1 Å². The van der Waals surface area contributed by atoms with Crippen LogP contribution in [-0.4, -0.2) is 53.0 Å². The zero-order chi connectivity index (χ0) is 16.7. The Morgan fingerprint density at radius 1 is 1.17 bits per heavy atom. The summed E-state index contributed by atoms with van der Waals surface area (Å²) in [4.78, 5) is 13.7. The largest absolute Gasteiger partial charge is 0.367 e. The lowest BCUT2D eigenvalue weighted by molar-refractivity contribution is 0.392. The summed E-state index contributed by atoms with van der Waals surface area (Å²) in [5, 5.41) is 2.67. The van der Waals surface area contributed by atoms with Gasteiger partial charge in [0.15, 0.2) is 5.17 Å². The fourth-order valence-electron chi connectivity index (χ4n) is 3.36. The van der Waals surface area contributed by atoms with Crippen molar-refractivity contribution in [3.63, 3.8) is 0 Å². The van der Waals surface area contributed by atoms with E-state index in [0.29, 0.717) is 10.8 Å². The summed E-state index contributed by atoms with van der Waals surface area (Å²) in [6.45, 7) is 8.82. The second-order valence-corrected chi connectivity index (χ2v) is 7.85. The van der Waals surface area contributed by atoms with Crippen molar-refractivity contribution in [3.05, 3.63) is 35.8 Å². The number of benzene rings is 1. The third-order valence-electron chi connectivity index (χ3n) is 4.58. The molecule has 1 unspecified atom stereocenters. The van der Waals surface area contributed by atoms with E-state index in [2.05, 4.69) is 32.8 Å². The van der Waals surface area contributed by atoms with Gasteiger partial charge in [-0.1, -0.05) is 30.8 Å². The molecule has 1 aromatic carbocycles. The van der Waals surface area contributed by atoms with Crippen LogP contribution in [0.2, 0.25) is 0 Å². The Kier molecular flexibility index (Phi) is 4.08. The van der Waals surface area contributed by atoms with E-state index in [1.54, 1.807) is 6.07 Å². The summed E-state index contributed by atoms with van der Waals surface area (Å²) in [5.74, 6) is -0.248. The molecule has 2 aromatic rings. The van der Waals surface area contributed by atoms with Crippen molar-refractivity contribution in [1.29, 1.82) is 0 Å². The quantitative estimate of drug-likeness (QED) is 0.794. The van der Waals surface area contributed by atoms with Gasteiger partial charge in [0.25, 0.3) is 0 Å². The highest BCUT2D eigenvalue weighted by Gasteiger charge is 2.25. The van der Waals surface area contributed by atoms with E-state index in [-0.39, 0.29) is 5.82 Å². The van der Waals surface area contributed by atoms with Crippen molar-refractivity contribution in [2.24, 2.45) is 4.99 Å². The molecule has 24 heavy (non-hydrogen) atoms. The number of fused-ring (bicyclic) bond motifs is 1. The molecule has 2 aliphatic rings. The number of thioether (sulfide) groups is 1. The Morgan fingerprint density at radius 2 is 1.92 bits per heavy atom. The summed E-state index contributed by atoms with van der Waals surface area (Å²) in [5.41, 5.74) is 2.42. The van der Waals surface area contributed by atoms with Gasteiger partial charge in [0.05, 0.1) is 6.54 Å². The van der Waals surface area contributed by atoms with Crippen LogP contribution in [0.25, 0.3) is 10.9 Å². The summed E-state index contributed by atoms with van der Waals surface area (Å²) >= 11 is 1.87. The molecule has 1 aromatic heterocycles. The average molecular weight is 344 g/mol. The molecule has 0 amide bonds. The molecular weight excluding hydrogens is 323 g/mol. The Bertz CT molecular complexity index is 799. The lowest BCUT2D eigenvalue weighted by atomic mass is 10.1. The zero-order valence-electron chi connectivity index (χ0n) is 14.0. The fraction of sp³-hybridized carbons (Fsp3) is 0.444. The summed E-state index contributed by atoms with van der Waals surface area (Å²) in [7, 11) is 0. The first-order valence-electron chi connectivity index (χ1n) is 8.38. The third kappa shape index (κ3) is 2.83. The van der Waals surface area contributed by atoms with Crippen molar-refractivity contribution in [3.8, 4) is 0 Å². The van der Waals surface area contributed by atoms with Crippen LogP contribution in [0.4, 0.5) is 10.1 Å². The number of aliphatic imine (C=N–C) groups is 1. The standard InChI is InChI=1S/C18H21FN4S/c1-12-10-16(14-4-3-5-15(19)17(14)21-12)22-6-8-23(9-7-22)18-20-11-13(2)24-18/h3-5,10,13H,6-9,11H2,1-2H3. The Morgan fingerprint density at radius 3 is 2.62 bits per heavy atom. The summed E-state index contributed by atoms with van der Waals surface area (Å²) in [6, 6.07) is 7.28. The first-order valence-corrected chi connectivity index (χ1v) is 9.26. The number of rotatable bonds is 1. The normalized spacial score (nSPS) is 21.5. The van der Waals surface area contributed by atoms with E-state index < -0.39 is 0 Å². The topological polar surface area (TPSA) is 31.7 Å². The maximum atomic E-state index is 14.1. The monoisotopic (exact) mass is 344 g/mol. The Labute approximate surface area is 145 Å². The van der Waals surface area contributed by atoms with Gasteiger partial charge in [0.1, 0.15) is 11.3 Å². The molecule has 0 N–H and O–H groups in total. The summed E-state index contributed by atoms with van der Waals surface area (Å²) in [6.07, 6.45) is 0. The van der Waals surface area contributed by atoms with Crippen molar-refractivity contribution in [2.75, 3.05) is 37.6 Å². The van der Waals surface area contributed by atoms with Gasteiger partial charge in [-0.25, -0.2) is 9.37 Å². The zero-order valence-corrected chi connectivity index (χ0v) is 14.8. The number of para-hydroxylation sites is 1. The number of aromatic nitrogens is 1. The predicted octanol–water partition coefficient (Wildman–Crippen LogP) is 3.30. The average Bonchev–Trinajstić information content (AvgIpc) is 3.02. The molecular formula is C18H21FN4S. The highest BCUT2D eigenvalue weighted by atomic mass is 32.2. The van der Waals surface area contributed by atoms with E-state index >= 15 is 0 Å². The number of hydrogen-bond acceptors (Lipinski definition) is 5. The van der Waals surface area contributed by atoms with Crippen molar-refractivity contribution in [1.82, 2.24) is 9.88 Å². The van der Waals surface area contributed by atoms with Gasteiger partial charge in [-0.15, -0.1) is 0 Å². The van der Waals surface area contributed by atoms with Crippen molar-refractivity contribution in [2.45, 2.75) is 19.1 Å². The lowest BCUT2D eigenvalue weighted by Crippen LogP contribution is -2.48. The fourth-order valence-corrected chi connectivity index (χ4v) is 4.35. The van der Waals surface area contributed by atoms with Crippen LogP contribution in [0.3, 0.4) is 0 Å². The number of nitrogens with zero attached hydrogens (tertiary/aromatic N) is 4. The lowest BCUT2D eigenvalue weighted by Gasteiger charge is -2.37. The molecule has 0 bridgehead atoms. The molecule has 1 fully saturated rings. The number of aryl methyl sites for hydroxylation is 1. The number of hydrogen-bond donors (Lipinski definition) is 0. The second-order valence-electron chi connectivity index (χ2n) is 6.44. The van der Waals surface area contributed by atoms with Gasteiger partial charge in [0, 0.05) is 48.2 Å². The van der Waals surface area contributed by atoms with E-state index in [1.807, 2.05) is 24.8 Å². The maximum absolute atomic E-state index is 14.1. The van der Waals surface area contributed by atoms with Gasteiger partial charge in [-0.2, -0.15) is 0 Å². The van der Waals surface area contributed by atoms with E-state index in [1.165, 1.54) is 11.2 Å². The highest BCUT2D eigenvalue weighted by molar-refractivity contribution is 8.14. The minimum Gasteiger partial charge on any atom is -0.367 e. The minimum absolute atomic E-state index is 0.248. The Hall–Kier alpha value is -1.82. The molecule has 1 atom stereocenters. The SMILES string of the molecule is Cc1cc(N2CCN(C3=NCC(C)S3)CC2)c2cccc(F)c2n1. The molecule has 1 saturated heterocycles. The third-order valence-corrected chi connectivity index (χ3v) is 5.73. The minimum atomic E-state index is -0.248. The highest BCUT2D eigenvalue weighted by Crippen LogP contribution is 2.30. The predicted molar refractivity (Wildman–Crippen MR) is 99.6 cm³/mol. The molecule has 0 spiro atoms. The number of anilines is 1. The van der Waals surface area contributed by atoms with Gasteiger partial charge in [-0.3, -0.25) is 4.99 Å². The number of piperazine rings is 1.